The Morgan fingerprint density at radius 2 is 1.83 bits per heavy atom. The highest BCUT2D eigenvalue weighted by molar-refractivity contribution is 6.07. The largest absolute Gasteiger partial charge is 0.427 e. The molecule has 0 radical (unpaired) electrons. The Hall–Kier alpha value is -3.61. The fraction of sp³-hybridized carbons (Fsp3) is 0.261. The molecule has 0 saturated carbocycles. The lowest BCUT2D eigenvalue weighted by Crippen LogP contribution is -2.38. The van der Waals surface area contributed by atoms with Gasteiger partial charge in [-0.2, -0.15) is 5.10 Å². The van der Waals surface area contributed by atoms with Crippen LogP contribution in [0, 0.1) is 0 Å². The number of carbonyl (C=O) groups is 2. The van der Waals surface area contributed by atoms with Gasteiger partial charge in [0.2, 0.25) is 0 Å². The number of carbonyl (C=O) groups excluding carboxylic acids is 2. The van der Waals surface area contributed by atoms with Crippen LogP contribution in [0.15, 0.2) is 60.8 Å². The van der Waals surface area contributed by atoms with E-state index in [9.17, 15) is 9.59 Å². The molecule has 154 valence electrons. The number of amides is 1. The maximum absolute atomic E-state index is 13.0. The summed E-state index contributed by atoms with van der Waals surface area (Å²) in [6.45, 7) is 5.58. The summed E-state index contributed by atoms with van der Waals surface area (Å²) in [5.74, 6) is 0.486. The Bertz CT molecular complexity index is 1070. The van der Waals surface area contributed by atoms with Crippen LogP contribution in [0.5, 0.6) is 5.75 Å². The van der Waals surface area contributed by atoms with Crippen molar-refractivity contribution < 1.29 is 14.3 Å². The average molecular weight is 404 g/mol. The summed E-state index contributed by atoms with van der Waals surface area (Å²) in [5, 5.41) is 10.9. The van der Waals surface area contributed by atoms with Gasteiger partial charge in [-0.15, -0.1) is 0 Å². The molecule has 2 heterocycles. The molecule has 1 unspecified atom stereocenters. The summed E-state index contributed by atoms with van der Waals surface area (Å²) < 4.78 is 6.90. The normalized spacial score (nSPS) is 16.8. The lowest BCUT2D eigenvalue weighted by atomic mass is 9.89. The maximum atomic E-state index is 13.0. The first-order valence-corrected chi connectivity index (χ1v) is 9.83. The van der Waals surface area contributed by atoms with E-state index < -0.39 is 0 Å². The first-order valence-electron chi connectivity index (χ1n) is 9.83. The lowest BCUT2D eigenvalue weighted by molar-refractivity contribution is -0.131. The molecule has 1 aromatic heterocycles. The van der Waals surface area contributed by atoms with Crippen LogP contribution in [0.1, 0.15) is 49.2 Å². The van der Waals surface area contributed by atoms with Gasteiger partial charge in [0.1, 0.15) is 17.1 Å². The Balaban J connectivity index is 1.57. The highest BCUT2D eigenvalue weighted by atomic mass is 16.5. The van der Waals surface area contributed by atoms with Crippen molar-refractivity contribution >= 4 is 23.4 Å². The van der Waals surface area contributed by atoms with Crippen LogP contribution in [0.2, 0.25) is 0 Å². The molecule has 4 rings (SSSR count). The molecular formula is C23H24N4O3. The van der Waals surface area contributed by atoms with Gasteiger partial charge in [0.05, 0.1) is 17.8 Å². The number of nitrogens with zero attached hydrogens (tertiary/aromatic N) is 2. The predicted molar refractivity (Wildman–Crippen MR) is 115 cm³/mol. The van der Waals surface area contributed by atoms with Crippen LogP contribution in [-0.2, 0) is 10.3 Å². The number of aromatic nitrogens is 2. The van der Waals surface area contributed by atoms with Crippen molar-refractivity contribution in [1.82, 2.24) is 9.78 Å². The summed E-state index contributed by atoms with van der Waals surface area (Å²) in [4.78, 5) is 24.0. The first kappa shape index (κ1) is 19.7. The van der Waals surface area contributed by atoms with Crippen molar-refractivity contribution in [3.05, 3.63) is 71.9 Å². The number of ether oxygens (including phenoxy) is 1. The van der Waals surface area contributed by atoms with Gasteiger partial charge in [0.25, 0.3) is 5.91 Å². The minimum absolute atomic E-state index is 0.0833. The van der Waals surface area contributed by atoms with Gasteiger partial charge in [-0.25, -0.2) is 4.68 Å². The number of hydrogen-bond acceptors (Lipinski definition) is 5. The van der Waals surface area contributed by atoms with E-state index in [1.54, 1.807) is 30.5 Å². The van der Waals surface area contributed by atoms with Crippen molar-refractivity contribution in [2.75, 3.05) is 10.6 Å². The quantitative estimate of drug-likeness (QED) is 0.499. The zero-order valence-electron chi connectivity index (χ0n) is 17.2. The predicted octanol–water partition coefficient (Wildman–Crippen LogP) is 4.35. The van der Waals surface area contributed by atoms with E-state index in [-0.39, 0.29) is 23.5 Å². The number of nitrogens with one attached hydrogen (secondary N) is 2. The number of anilines is 2. The van der Waals surface area contributed by atoms with Gasteiger partial charge in [-0.3, -0.25) is 9.59 Å². The maximum Gasteiger partial charge on any atom is 0.308 e. The van der Waals surface area contributed by atoms with Crippen molar-refractivity contribution in [3.8, 4) is 5.75 Å². The second-order valence-corrected chi connectivity index (χ2v) is 8.01. The van der Waals surface area contributed by atoms with E-state index in [0.29, 0.717) is 22.8 Å². The van der Waals surface area contributed by atoms with Crippen LogP contribution < -0.4 is 15.4 Å². The van der Waals surface area contributed by atoms with Gasteiger partial charge in [-0.05, 0) is 50.1 Å². The third kappa shape index (κ3) is 3.91. The molecule has 7 heteroatoms. The molecule has 0 saturated heterocycles. The van der Waals surface area contributed by atoms with Crippen LogP contribution in [0.25, 0.3) is 0 Å². The number of benzene rings is 2. The molecule has 1 atom stereocenters. The Kier molecular flexibility index (Phi) is 5.03. The van der Waals surface area contributed by atoms with Crippen molar-refractivity contribution in [2.45, 2.75) is 38.8 Å². The molecule has 2 N–H and O–H groups in total. The topological polar surface area (TPSA) is 85.2 Å². The molecule has 3 aromatic rings. The van der Waals surface area contributed by atoms with E-state index in [0.717, 1.165) is 6.42 Å². The standard InChI is InChI=1S/C23H24N4O3/c1-15(28)30-18-11-9-17(10-12-18)25-22(29)19-14-24-27-21(19)26-20(13-23(27,2)3)16-7-5-4-6-8-16/h4-12,14,20,26H,13H2,1-3H3,(H,25,29). The average Bonchev–Trinajstić information content (AvgIpc) is 3.15. The monoisotopic (exact) mass is 404 g/mol. The Morgan fingerprint density at radius 1 is 1.13 bits per heavy atom. The fourth-order valence-electron chi connectivity index (χ4n) is 3.77. The third-order valence-corrected chi connectivity index (χ3v) is 5.18. The molecule has 1 aliphatic heterocycles. The molecule has 1 amide bonds. The van der Waals surface area contributed by atoms with Crippen LogP contribution >= 0.6 is 0 Å². The van der Waals surface area contributed by atoms with E-state index in [2.05, 4.69) is 41.7 Å². The Labute approximate surface area is 175 Å². The molecule has 2 aromatic carbocycles. The number of rotatable bonds is 4. The summed E-state index contributed by atoms with van der Waals surface area (Å²) >= 11 is 0. The van der Waals surface area contributed by atoms with Gasteiger partial charge >= 0.3 is 5.97 Å². The van der Waals surface area contributed by atoms with Crippen molar-refractivity contribution in [2.24, 2.45) is 0 Å². The molecule has 0 spiro atoms. The first-order chi connectivity index (χ1) is 14.3. The van der Waals surface area contributed by atoms with Gasteiger partial charge in [-0.1, -0.05) is 30.3 Å². The van der Waals surface area contributed by atoms with Crippen molar-refractivity contribution in [3.63, 3.8) is 0 Å². The zero-order valence-corrected chi connectivity index (χ0v) is 17.2. The van der Waals surface area contributed by atoms with Crippen LogP contribution in [-0.4, -0.2) is 21.7 Å². The number of esters is 1. The minimum Gasteiger partial charge on any atom is -0.427 e. The molecule has 0 aliphatic carbocycles. The second kappa shape index (κ2) is 7.67. The van der Waals surface area contributed by atoms with E-state index in [4.69, 9.17) is 4.74 Å². The van der Waals surface area contributed by atoms with Crippen LogP contribution in [0.3, 0.4) is 0 Å². The minimum atomic E-state index is -0.389. The highest BCUT2D eigenvalue weighted by Crippen LogP contribution is 2.40. The zero-order chi connectivity index (χ0) is 21.3. The fourth-order valence-corrected chi connectivity index (χ4v) is 3.77. The summed E-state index contributed by atoms with van der Waals surface area (Å²) in [6.07, 6.45) is 2.45. The summed E-state index contributed by atoms with van der Waals surface area (Å²) in [7, 11) is 0. The van der Waals surface area contributed by atoms with E-state index in [1.807, 2.05) is 22.9 Å². The molecule has 30 heavy (non-hydrogen) atoms. The summed E-state index contributed by atoms with van der Waals surface area (Å²) in [6, 6.07) is 16.9. The second-order valence-electron chi connectivity index (χ2n) is 8.01. The third-order valence-electron chi connectivity index (χ3n) is 5.18. The SMILES string of the molecule is CC(=O)Oc1ccc(NC(=O)c2cnn3c2NC(c2ccccc2)CC3(C)C)cc1. The van der Waals surface area contributed by atoms with Gasteiger partial charge in [0.15, 0.2) is 0 Å². The highest BCUT2D eigenvalue weighted by Gasteiger charge is 2.36. The molecular weight excluding hydrogens is 380 g/mol. The Morgan fingerprint density at radius 3 is 2.50 bits per heavy atom. The lowest BCUT2D eigenvalue weighted by Gasteiger charge is -2.38. The molecule has 0 bridgehead atoms. The van der Waals surface area contributed by atoms with Gasteiger partial charge in [0, 0.05) is 12.6 Å². The van der Waals surface area contributed by atoms with Crippen molar-refractivity contribution in [1.29, 1.82) is 0 Å². The number of hydrogen-bond donors (Lipinski definition) is 2. The molecule has 7 nitrogen and oxygen atoms in total. The summed E-state index contributed by atoms with van der Waals surface area (Å²) in [5.41, 5.74) is 2.01. The van der Waals surface area contributed by atoms with E-state index >= 15 is 0 Å². The van der Waals surface area contributed by atoms with E-state index in [1.165, 1.54) is 12.5 Å². The number of fused-ring (bicyclic) bond motifs is 1. The molecule has 0 fully saturated rings. The molecule has 1 aliphatic rings. The van der Waals surface area contributed by atoms with Crippen LogP contribution in [0.4, 0.5) is 11.5 Å². The smallest absolute Gasteiger partial charge is 0.308 e. The van der Waals surface area contributed by atoms with Gasteiger partial charge < -0.3 is 15.4 Å².